The molecule has 9 heteroatoms. The van der Waals surface area contributed by atoms with Gasteiger partial charge in [0.05, 0.1) is 16.7 Å². The van der Waals surface area contributed by atoms with Gasteiger partial charge in [-0.05, 0) is 55.7 Å². The standard InChI is InChI=1S/C63H54O9/c1-43-55(37-61(70-43,49-22-10-4-11-23-49)50-24-12-5-13-25-50)58(64)67-40-46-34-47(41-68-59(65)56-38-62(71-44(56)2,51-26-14-6-15-27-51)52-28-16-7-17-29-52)36-48(35-46)42-69-60(66)57-39-63(72-45(57)3,53-30-18-8-19-31-53)54-32-20-9-21-33-54/h4-36H,37-42H2,1-3H3. The van der Waals surface area contributed by atoms with Crippen molar-refractivity contribution in [2.75, 3.05) is 0 Å². The van der Waals surface area contributed by atoms with Crippen LogP contribution in [-0.2, 0) is 79.4 Å². The molecule has 72 heavy (non-hydrogen) atoms. The smallest absolute Gasteiger partial charge is 0.337 e. The van der Waals surface area contributed by atoms with Gasteiger partial charge in [0.25, 0.3) is 0 Å². The van der Waals surface area contributed by atoms with Crippen molar-refractivity contribution < 1.29 is 42.8 Å². The second kappa shape index (κ2) is 20.1. The predicted octanol–water partition coefficient (Wildman–Crippen LogP) is 12.7. The zero-order chi connectivity index (χ0) is 49.7. The molecule has 0 fully saturated rings. The molecule has 0 unspecified atom stereocenters. The van der Waals surface area contributed by atoms with E-state index >= 15 is 0 Å². The third-order valence-electron chi connectivity index (χ3n) is 13.9. The van der Waals surface area contributed by atoms with Crippen molar-refractivity contribution in [2.24, 2.45) is 0 Å². The number of hydrogen-bond acceptors (Lipinski definition) is 9. The number of hydrogen-bond donors (Lipinski definition) is 0. The fourth-order valence-electron chi connectivity index (χ4n) is 10.4. The zero-order valence-corrected chi connectivity index (χ0v) is 40.5. The predicted molar refractivity (Wildman–Crippen MR) is 272 cm³/mol. The summed E-state index contributed by atoms with van der Waals surface area (Å²) >= 11 is 0. The Balaban J connectivity index is 0.892. The highest BCUT2D eigenvalue weighted by atomic mass is 16.6. The second-order valence-corrected chi connectivity index (χ2v) is 18.5. The van der Waals surface area contributed by atoms with Crippen LogP contribution >= 0.6 is 0 Å². The SMILES string of the molecule is CC1=C(C(=O)OCc2cc(COC(=O)C3=C(C)OC(c4ccccc4)(c4ccccc4)C3)cc(COC(=O)C3=C(C)OC(c4ccccc4)(c4ccccc4)C3)c2)CC(c2ccccc2)(c2ccccc2)O1. The van der Waals surface area contributed by atoms with Gasteiger partial charge in [-0.25, -0.2) is 14.4 Å². The van der Waals surface area contributed by atoms with Crippen molar-refractivity contribution in [3.8, 4) is 0 Å². The van der Waals surface area contributed by atoms with Gasteiger partial charge in [-0.1, -0.05) is 182 Å². The van der Waals surface area contributed by atoms with E-state index in [0.717, 1.165) is 33.4 Å². The molecule has 0 N–H and O–H groups in total. The van der Waals surface area contributed by atoms with Gasteiger partial charge in [0, 0.05) is 52.6 Å². The lowest BCUT2D eigenvalue weighted by Gasteiger charge is -2.31. The van der Waals surface area contributed by atoms with Crippen molar-refractivity contribution in [3.05, 3.63) is 284 Å². The number of esters is 3. The zero-order valence-electron chi connectivity index (χ0n) is 40.5. The molecule has 3 aliphatic rings. The minimum absolute atomic E-state index is 0.119. The monoisotopic (exact) mass is 954 g/mol. The summed E-state index contributed by atoms with van der Waals surface area (Å²) < 4.78 is 38.1. The van der Waals surface area contributed by atoms with E-state index in [0.29, 0.717) is 50.7 Å². The summed E-state index contributed by atoms with van der Waals surface area (Å²) in [5.74, 6) is -0.103. The van der Waals surface area contributed by atoms with Crippen LogP contribution in [0.4, 0.5) is 0 Å². The molecule has 3 heterocycles. The Morgan fingerprint density at radius 2 is 0.542 bits per heavy atom. The summed E-state index contributed by atoms with van der Waals surface area (Å²) in [5, 5.41) is 0. The molecule has 10 rings (SSSR count). The van der Waals surface area contributed by atoms with E-state index in [9.17, 15) is 14.4 Å². The Morgan fingerprint density at radius 3 is 0.736 bits per heavy atom. The lowest BCUT2D eigenvalue weighted by molar-refractivity contribution is -0.141. The van der Waals surface area contributed by atoms with Gasteiger partial charge >= 0.3 is 17.9 Å². The van der Waals surface area contributed by atoms with Gasteiger partial charge in [-0.3, -0.25) is 0 Å². The summed E-state index contributed by atoms with van der Waals surface area (Å²) in [5.41, 5.74) is 5.87. The number of rotatable bonds is 15. The van der Waals surface area contributed by atoms with Crippen LogP contribution in [0.1, 0.15) is 90.1 Å². The molecule has 0 bridgehead atoms. The molecule has 0 spiro atoms. The molecule has 0 saturated carbocycles. The topological polar surface area (TPSA) is 107 Å². The van der Waals surface area contributed by atoms with Crippen LogP contribution in [0, 0.1) is 0 Å². The maximum Gasteiger partial charge on any atom is 0.337 e. The van der Waals surface area contributed by atoms with E-state index in [-0.39, 0.29) is 39.1 Å². The fraction of sp³-hybridized carbons (Fsp3) is 0.190. The van der Waals surface area contributed by atoms with E-state index in [1.54, 1.807) is 20.8 Å². The van der Waals surface area contributed by atoms with Crippen LogP contribution < -0.4 is 0 Å². The van der Waals surface area contributed by atoms with E-state index in [4.69, 9.17) is 28.4 Å². The van der Waals surface area contributed by atoms with Gasteiger partial charge in [0.2, 0.25) is 0 Å². The maximum absolute atomic E-state index is 14.1. The second-order valence-electron chi connectivity index (χ2n) is 18.5. The Bertz CT molecular complexity index is 2720. The highest BCUT2D eigenvalue weighted by Gasteiger charge is 2.48. The Kier molecular flexibility index (Phi) is 13.2. The molecule has 0 aliphatic carbocycles. The first kappa shape index (κ1) is 47.3. The van der Waals surface area contributed by atoms with Crippen LogP contribution in [0.3, 0.4) is 0 Å². The Labute approximate surface area is 420 Å². The summed E-state index contributed by atoms with van der Waals surface area (Å²) in [4.78, 5) is 42.4. The molecule has 0 saturated heterocycles. The minimum Gasteiger partial charge on any atom is -0.482 e. The molecule has 0 amide bonds. The molecule has 360 valence electrons. The summed E-state index contributed by atoms with van der Waals surface area (Å²) in [7, 11) is 0. The third-order valence-corrected chi connectivity index (χ3v) is 13.9. The maximum atomic E-state index is 14.1. The molecule has 9 nitrogen and oxygen atoms in total. The highest BCUT2D eigenvalue weighted by Crippen LogP contribution is 2.50. The van der Waals surface area contributed by atoms with E-state index < -0.39 is 34.7 Å². The molecule has 0 radical (unpaired) electrons. The van der Waals surface area contributed by atoms with Gasteiger partial charge in [0.1, 0.15) is 37.1 Å². The van der Waals surface area contributed by atoms with Gasteiger partial charge in [0.15, 0.2) is 16.8 Å². The number of benzene rings is 7. The third kappa shape index (κ3) is 9.21. The number of carbonyl (C=O) groups is 3. The van der Waals surface area contributed by atoms with Crippen LogP contribution in [0.15, 0.2) is 234 Å². The molecular weight excluding hydrogens is 901 g/mol. The van der Waals surface area contributed by atoms with Crippen LogP contribution in [0.2, 0.25) is 0 Å². The van der Waals surface area contributed by atoms with Crippen LogP contribution in [0.5, 0.6) is 0 Å². The first-order valence-electron chi connectivity index (χ1n) is 24.2. The quantitative estimate of drug-likeness (QED) is 0.0733. The summed E-state index contributed by atoms with van der Waals surface area (Å²) in [6.07, 6.45) is 0.811. The van der Waals surface area contributed by atoms with Crippen molar-refractivity contribution >= 4 is 17.9 Å². The Morgan fingerprint density at radius 1 is 0.347 bits per heavy atom. The fourth-order valence-corrected chi connectivity index (χ4v) is 10.4. The molecule has 3 aliphatic heterocycles. The van der Waals surface area contributed by atoms with Gasteiger partial charge < -0.3 is 28.4 Å². The summed E-state index contributed by atoms with van der Waals surface area (Å²) in [6, 6.07) is 64.7. The Hall–Kier alpha value is -8.43. The normalized spacial score (nSPS) is 16.4. The van der Waals surface area contributed by atoms with Crippen LogP contribution in [-0.4, -0.2) is 17.9 Å². The van der Waals surface area contributed by atoms with E-state index in [2.05, 4.69) is 0 Å². The van der Waals surface area contributed by atoms with Crippen molar-refractivity contribution in [3.63, 3.8) is 0 Å². The molecule has 7 aromatic carbocycles. The molecule has 7 aromatic rings. The first-order chi connectivity index (χ1) is 35.1. The number of carbonyl (C=O) groups excluding carboxylic acids is 3. The average molecular weight is 955 g/mol. The van der Waals surface area contributed by atoms with Crippen molar-refractivity contribution in [1.82, 2.24) is 0 Å². The van der Waals surface area contributed by atoms with Crippen LogP contribution in [0.25, 0.3) is 0 Å². The lowest BCUT2D eigenvalue weighted by atomic mass is 9.82. The van der Waals surface area contributed by atoms with Gasteiger partial charge in [-0.15, -0.1) is 0 Å². The summed E-state index contributed by atoms with van der Waals surface area (Å²) in [6.45, 7) is 5.01. The van der Waals surface area contributed by atoms with Gasteiger partial charge in [-0.2, -0.15) is 0 Å². The van der Waals surface area contributed by atoms with Crippen molar-refractivity contribution in [2.45, 2.75) is 76.7 Å². The lowest BCUT2D eigenvalue weighted by Crippen LogP contribution is -2.28. The molecule has 0 aromatic heterocycles. The average Bonchev–Trinajstić information content (AvgIpc) is 4.12. The largest absolute Gasteiger partial charge is 0.482 e. The van der Waals surface area contributed by atoms with Crippen molar-refractivity contribution in [1.29, 1.82) is 0 Å². The minimum atomic E-state index is -0.915. The first-order valence-corrected chi connectivity index (χ1v) is 24.2. The molecular formula is C63H54O9. The number of ether oxygens (including phenoxy) is 6. The van der Waals surface area contributed by atoms with E-state index in [1.807, 2.05) is 200 Å². The highest BCUT2D eigenvalue weighted by molar-refractivity contribution is 5.91. The number of allylic oxidation sites excluding steroid dienone is 3. The van der Waals surface area contributed by atoms with E-state index in [1.165, 1.54) is 0 Å². The molecule has 0 atom stereocenters.